The van der Waals surface area contributed by atoms with Gasteiger partial charge in [-0.25, -0.2) is 0 Å². The molecule has 3 nitrogen and oxygen atoms in total. The molecule has 0 fully saturated rings. The van der Waals surface area contributed by atoms with Crippen molar-refractivity contribution in [3.8, 4) is 5.75 Å². The number of hydrogen-bond acceptors (Lipinski definition) is 3. The smallest absolute Gasteiger partial charge is 0.127 e. The maximum atomic E-state index is 5.82. The van der Waals surface area contributed by atoms with Crippen molar-refractivity contribution in [2.75, 3.05) is 20.8 Å². The number of fused-ring (bicyclic) bond motifs is 1. The summed E-state index contributed by atoms with van der Waals surface area (Å²) in [5.74, 6) is 1.05. The number of likely N-dealkylation sites (N-methyl/N-ethyl adjacent to an activating group) is 1. The van der Waals surface area contributed by atoms with Crippen molar-refractivity contribution < 1.29 is 9.47 Å². The number of methoxy groups -OCH3 is 1. The normalized spacial score (nSPS) is 17.7. The molecule has 2 unspecified atom stereocenters. The highest BCUT2D eigenvalue weighted by Crippen LogP contribution is 2.39. The molecule has 2 rings (SSSR count). The highest BCUT2D eigenvalue weighted by atomic mass is 16.5. The van der Waals surface area contributed by atoms with Crippen molar-refractivity contribution in [2.24, 2.45) is 5.41 Å². The fraction of sp³-hybridized carbons (Fsp3) is 0.625. The summed E-state index contributed by atoms with van der Waals surface area (Å²) in [6.45, 7) is 7.40. The zero-order valence-corrected chi connectivity index (χ0v) is 12.6. The first kappa shape index (κ1) is 14.4. The van der Waals surface area contributed by atoms with Crippen molar-refractivity contribution in [3.05, 3.63) is 29.3 Å². The Labute approximate surface area is 116 Å². The number of para-hydroxylation sites is 1. The van der Waals surface area contributed by atoms with Gasteiger partial charge in [0.05, 0.1) is 18.8 Å². The second kappa shape index (κ2) is 5.51. The van der Waals surface area contributed by atoms with E-state index in [4.69, 9.17) is 9.47 Å². The summed E-state index contributed by atoms with van der Waals surface area (Å²) in [6, 6.07) is 6.54. The van der Waals surface area contributed by atoms with Gasteiger partial charge in [-0.05, 0) is 18.0 Å². The minimum absolute atomic E-state index is 0.0593. The van der Waals surface area contributed by atoms with Gasteiger partial charge in [0.25, 0.3) is 0 Å². The van der Waals surface area contributed by atoms with Gasteiger partial charge in [-0.15, -0.1) is 0 Å². The average molecular weight is 263 g/mol. The third-order valence-corrected chi connectivity index (χ3v) is 3.80. The van der Waals surface area contributed by atoms with Gasteiger partial charge in [0, 0.05) is 19.1 Å². The van der Waals surface area contributed by atoms with Crippen LogP contribution >= 0.6 is 0 Å². The van der Waals surface area contributed by atoms with E-state index >= 15 is 0 Å². The van der Waals surface area contributed by atoms with Crippen molar-refractivity contribution in [1.82, 2.24) is 5.32 Å². The Morgan fingerprint density at radius 1 is 1.32 bits per heavy atom. The molecule has 19 heavy (non-hydrogen) atoms. The SMILES string of the molecule is CNC(c1cccc2c1OCC2)C(OC)C(C)(C)C. The molecule has 1 aromatic carbocycles. The zero-order valence-electron chi connectivity index (χ0n) is 12.6. The molecule has 1 heterocycles. The van der Waals surface area contributed by atoms with Crippen molar-refractivity contribution in [3.63, 3.8) is 0 Å². The van der Waals surface area contributed by atoms with E-state index in [1.807, 2.05) is 7.05 Å². The molecule has 1 aromatic rings. The first-order valence-corrected chi connectivity index (χ1v) is 6.93. The van der Waals surface area contributed by atoms with Crippen LogP contribution in [0.15, 0.2) is 18.2 Å². The molecule has 106 valence electrons. The van der Waals surface area contributed by atoms with E-state index in [-0.39, 0.29) is 17.6 Å². The molecule has 2 atom stereocenters. The topological polar surface area (TPSA) is 30.5 Å². The zero-order chi connectivity index (χ0) is 14.0. The fourth-order valence-corrected chi connectivity index (χ4v) is 2.95. The molecule has 0 bridgehead atoms. The van der Waals surface area contributed by atoms with Gasteiger partial charge < -0.3 is 14.8 Å². The summed E-state index contributed by atoms with van der Waals surface area (Å²) < 4.78 is 11.6. The predicted octanol–water partition coefficient (Wildman–Crippen LogP) is 2.94. The van der Waals surface area contributed by atoms with E-state index in [2.05, 4.69) is 44.3 Å². The molecule has 1 aliphatic heterocycles. The Balaban J connectivity index is 2.40. The van der Waals surface area contributed by atoms with Gasteiger partial charge in [0.2, 0.25) is 0 Å². The molecule has 0 aliphatic carbocycles. The van der Waals surface area contributed by atoms with Crippen molar-refractivity contribution in [1.29, 1.82) is 0 Å². The number of benzene rings is 1. The molecule has 1 N–H and O–H groups in total. The van der Waals surface area contributed by atoms with E-state index in [1.165, 1.54) is 11.1 Å². The van der Waals surface area contributed by atoms with Gasteiger partial charge in [0.1, 0.15) is 5.75 Å². The number of hydrogen-bond donors (Lipinski definition) is 1. The second-order valence-electron chi connectivity index (χ2n) is 6.22. The number of rotatable bonds is 4. The van der Waals surface area contributed by atoms with Crippen LogP contribution in [0.2, 0.25) is 0 Å². The van der Waals surface area contributed by atoms with E-state index in [9.17, 15) is 0 Å². The lowest BCUT2D eigenvalue weighted by Crippen LogP contribution is -2.40. The van der Waals surface area contributed by atoms with Gasteiger partial charge in [-0.3, -0.25) is 0 Å². The van der Waals surface area contributed by atoms with Crippen molar-refractivity contribution in [2.45, 2.75) is 39.3 Å². The summed E-state index contributed by atoms with van der Waals surface area (Å²) in [6.07, 6.45) is 1.10. The lowest BCUT2D eigenvalue weighted by Gasteiger charge is -2.36. The molecule has 0 saturated heterocycles. The highest BCUT2D eigenvalue weighted by molar-refractivity contribution is 5.46. The summed E-state index contributed by atoms with van der Waals surface area (Å²) in [7, 11) is 3.76. The van der Waals surface area contributed by atoms with Crippen LogP contribution in [-0.2, 0) is 11.2 Å². The Morgan fingerprint density at radius 3 is 2.63 bits per heavy atom. The summed E-state index contributed by atoms with van der Waals surface area (Å²) >= 11 is 0. The van der Waals surface area contributed by atoms with E-state index in [0.717, 1.165) is 18.8 Å². The van der Waals surface area contributed by atoms with Crippen LogP contribution in [0.3, 0.4) is 0 Å². The van der Waals surface area contributed by atoms with E-state index in [1.54, 1.807) is 7.11 Å². The Morgan fingerprint density at radius 2 is 2.05 bits per heavy atom. The Bertz CT molecular complexity index is 437. The first-order chi connectivity index (χ1) is 8.99. The molecule has 0 saturated carbocycles. The lowest BCUT2D eigenvalue weighted by atomic mass is 9.81. The molecule has 1 aliphatic rings. The van der Waals surface area contributed by atoms with Crippen LogP contribution in [0.5, 0.6) is 5.75 Å². The van der Waals surface area contributed by atoms with Crippen LogP contribution in [0, 0.1) is 5.41 Å². The van der Waals surface area contributed by atoms with Crippen LogP contribution in [0.4, 0.5) is 0 Å². The summed E-state index contributed by atoms with van der Waals surface area (Å²) in [4.78, 5) is 0. The predicted molar refractivity (Wildman–Crippen MR) is 77.7 cm³/mol. The maximum absolute atomic E-state index is 5.82. The summed E-state index contributed by atoms with van der Waals surface area (Å²) in [5, 5.41) is 3.40. The molecule has 0 amide bonds. The summed E-state index contributed by atoms with van der Waals surface area (Å²) in [5.41, 5.74) is 2.57. The van der Waals surface area contributed by atoms with Gasteiger partial charge in [-0.1, -0.05) is 39.0 Å². The van der Waals surface area contributed by atoms with Crippen LogP contribution in [0.1, 0.15) is 37.9 Å². The van der Waals surface area contributed by atoms with Gasteiger partial charge >= 0.3 is 0 Å². The minimum atomic E-state index is 0.0593. The molecule has 0 aromatic heterocycles. The van der Waals surface area contributed by atoms with Crippen molar-refractivity contribution >= 4 is 0 Å². The maximum Gasteiger partial charge on any atom is 0.127 e. The minimum Gasteiger partial charge on any atom is -0.493 e. The average Bonchev–Trinajstić information content (AvgIpc) is 2.82. The molecular weight excluding hydrogens is 238 g/mol. The first-order valence-electron chi connectivity index (χ1n) is 6.93. The van der Waals surface area contributed by atoms with Gasteiger partial charge in [0.15, 0.2) is 0 Å². The number of ether oxygens (including phenoxy) is 2. The third-order valence-electron chi connectivity index (χ3n) is 3.80. The lowest BCUT2D eigenvalue weighted by molar-refractivity contribution is -0.0106. The van der Waals surface area contributed by atoms with E-state index < -0.39 is 0 Å². The van der Waals surface area contributed by atoms with Gasteiger partial charge in [-0.2, -0.15) is 0 Å². The van der Waals surface area contributed by atoms with Crippen LogP contribution in [-0.4, -0.2) is 26.9 Å². The van der Waals surface area contributed by atoms with Crippen LogP contribution < -0.4 is 10.1 Å². The largest absolute Gasteiger partial charge is 0.493 e. The van der Waals surface area contributed by atoms with E-state index in [0.29, 0.717) is 0 Å². The Kier molecular flexibility index (Phi) is 4.16. The third kappa shape index (κ3) is 2.77. The fourth-order valence-electron chi connectivity index (χ4n) is 2.95. The van der Waals surface area contributed by atoms with Crippen LogP contribution in [0.25, 0.3) is 0 Å². The molecule has 3 heteroatoms. The number of nitrogens with one attached hydrogen (secondary N) is 1. The standard InChI is InChI=1S/C16H25NO2/c1-16(2,3)15(18-5)13(17-4)12-8-6-7-11-9-10-19-14(11)12/h6-8,13,15,17H,9-10H2,1-5H3. The highest BCUT2D eigenvalue weighted by Gasteiger charge is 2.35. The second-order valence-corrected chi connectivity index (χ2v) is 6.22. The molecule has 0 radical (unpaired) electrons. The monoisotopic (exact) mass is 263 g/mol. The molecular formula is C16H25NO2. The quantitative estimate of drug-likeness (QED) is 0.906. The Hall–Kier alpha value is -1.06. The molecule has 0 spiro atoms.